The maximum atomic E-state index is 12.9. The number of pyridine rings is 1. The molecule has 1 saturated heterocycles. The largest absolute Gasteiger partial charge is 0.359 e. The van der Waals surface area contributed by atoms with Crippen LogP contribution in [0, 0.1) is 5.41 Å². The van der Waals surface area contributed by atoms with Gasteiger partial charge in [-0.1, -0.05) is 37.3 Å². The van der Waals surface area contributed by atoms with E-state index < -0.39 is 5.41 Å². The molecule has 0 saturated carbocycles. The third-order valence-electron chi connectivity index (χ3n) is 5.57. The molecule has 0 radical (unpaired) electrons. The van der Waals surface area contributed by atoms with E-state index in [0.29, 0.717) is 19.4 Å². The number of amides is 2. The Morgan fingerprint density at radius 2 is 2.04 bits per heavy atom. The normalized spacial score (nSPS) is 19.3. The van der Waals surface area contributed by atoms with Gasteiger partial charge >= 0.3 is 0 Å². The molecule has 2 heterocycles. The first-order valence-electron chi connectivity index (χ1n) is 10.1. The van der Waals surface area contributed by atoms with Crippen LogP contribution in [0.2, 0.25) is 0 Å². The van der Waals surface area contributed by atoms with Gasteiger partial charge in [-0.05, 0) is 48.4 Å². The molecule has 5 nitrogen and oxygen atoms in total. The number of nitrogens with zero attached hydrogens (tertiary/aromatic N) is 2. The fourth-order valence-electron chi connectivity index (χ4n) is 4.18. The molecule has 2 aromatic rings. The number of benzene rings is 1. The maximum absolute atomic E-state index is 12.9. The van der Waals surface area contributed by atoms with Gasteiger partial charge < -0.3 is 10.2 Å². The summed E-state index contributed by atoms with van der Waals surface area (Å²) in [6.45, 7) is 3.24. The van der Waals surface area contributed by atoms with Crippen LogP contribution in [0.25, 0.3) is 11.1 Å². The summed E-state index contributed by atoms with van der Waals surface area (Å²) in [5.74, 6) is 0.174. The van der Waals surface area contributed by atoms with Crippen LogP contribution in [-0.2, 0) is 16.0 Å². The molecule has 1 aromatic carbocycles. The lowest BCUT2D eigenvalue weighted by atomic mass is 9.74. The van der Waals surface area contributed by atoms with Crippen molar-refractivity contribution in [3.8, 4) is 11.1 Å². The second kappa shape index (κ2) is 9.00. The fraction of sp³-hybridized carbons (Fsp3) is 0.435. The van der Waals surface area contributed by atoms with E-state index in [0.717, 1.165) is 42.5 Å². The van der Waals surface area contributed by atoms with Crippen molar-refractivity contribution in [2.75, 3.05) is 20.1 Å². The van der Waals surface area contributed by atoms with Gasteiger partial charge in [-0.25, -0.2) is 0 Å². The summed E-state index contributed by atoms with van der Waals surface area (Å²) in [6.07, 6.45) is 7.24. The van der Waals surface area contributed by atoms with Crippen molar-refractivity contribution >= 4 is 11.8 Å². The van der Waals surface area contributed by atoms with Gasteiger partial charge in [0, 0.05) is 39.0 Å². The standard InChI is InChI=1S/C23H29N3O2/c1-3-7-21(27)26-13-6-11-23(17-26,22(28)24-2)15-18-8-4-9-19(14-18)20-10-5-12-25-16-20/h4-5,8-10,12,14,16H,3,6-7,11,13,15,17H2,1-2H3,(H,24,28)/t23-/m1/s1. The van der Waals surface area contributed by atoms with E-state index in [2.05, 4.69) is 28.5 Å². The van der Waals surface area contributed by atoms with E-state index >= 15 is 0 Å². The van der Waals surface area contributed by atoms with E-state index in [1.165, 1.54) is 0 Å². The molecule has 0 unspecified atom stereocenters. The lowest BCUT2D eigenvalue weighted by molar-refractivity contribution is -0.141. The van der Waals surface area contributed by atoms with Crippen molar-refractivity contribution in [3.05, 3.63) is 54.4 Å². The Hall–Kier alpha value is -2.69. The average molecular weight is 380 g/mol. The Bertz CT molecular complexity index is 822. The summed E-state index contributed by atoms with van der Waals surface area (Å²) < 4.78 is 0. The predicted octanol–water partition coefficient (Wildman–Crippen LogP) is 3.45. The van der Waals surface area contributed by atoms with Crippen molar-refractivity contribution in [1.82, 2.24) is 15.2 Å². The smallest absolute Gasteiger partial charge is 0.228 e. The zero-order valence-corrected chi connectivity index (χ0v) is 16.8. The summed E-state index contributed by atoms with van der Waals surface area (Å²) in [4.78, 5) is 31.5. The predicted molar refractivity (Wildman–Crippen MR) is 111 cm³/mol. The number of carbonyl (C=O) groups excluding carboxylic acids is 2. The number of piperidine rings is 1. The minimum atomic E-state index is -0.579. The molecule has 0 bridgehead atoms. The SMILES string of the molecule is CCCC(=O)N1CCC[C@](Cc2cccc(-c3cccnc3)c2)(C(=O)NC)C1. The molecule has 0 spiro atoms. The van der Waals surface area contributed by atoms with Gasteiger partial charge in [0.05, 0.1) is 5.41 Å². The molecule has 1 aliphatic heterocycles. The quantitative estimate of drug-likeness (QED) is 0.836. The molecule has 1 fully saturated rings. The van der Waals surface area contributed by atoms with Crippen LogP contribution in [0.3, 0.4) is 0 Å². The van der Waals surface area contributed by atoms with Gasteiger partial charge in [-0.2, -0.15) is 0 Å². The highest BCUT2D eigenvalue weighted by Gasteiger charge is 2.42. The van der Waals surface area contributed by atoms with E-state index in [1.807, 2.05) is 36.2 Å². The number of rotatable bonds is 6. The van der Waals surface area contributed by atoms with Crippen LogP contribution in [0.15, 0.2) is 48.8 Å². The van der Waals surface area contributed by atoms with Gasteiger partial charge in [0.15, 0.2) is 0 Å². The number of carbonyl (C=O) groups is 2. The molecule has 0 aliphatic carbocycles. The van der Waals surface area contributed by atoms with Gasteiger partial charge in [0.25, 0.3) is 0 Å². The van der Waals surface area contributed by atoms with E-state index in [4.69, 9.17) is 0 Å². The lowest BCUT2D eigenvalue weighted by Gasteiger charge is -2.41. The molecular weight excluding hydrogens is 350 g/mol. The van der Waals surface area contributed by atoms with Crippen LogP contribution in [0.1, 0.15) is 38.2 Å². The van der Waals surface area contributed by atoms with E-state index in [9.17, 15) is 9.59 Å². The second-order valence-corrected chi connectivity index (χ2v) is 7.65. The highest BCUT2D eigenvalue weighted by molar-refractivity contribution is 5.85. The monoisotopic (exact) mass is 379 g/mol. The Morgan fingerprint density at radius 3 is 2.75 bits per heavy atom. The molecule has 148 valence electrons. The van der Waals surface area contributed by atoms with Gasteiger partial charge in [0.2, 0.25) is 11.8 Å². The first-order chi connectivity index (χ1) is 13.6. The first-order valence-corrected chi connectivity index (χ1v) is 10.1. The highest BCUT2D eigenvalue weighted by Crippen LogP contribution is 2.35. The third-order valence-corrected chi connectivity index (χ3v) is 5.57. The minimum absolute atomic E-state index is 0.0216. The number of aromatic nitrogens is 1. The summed E-state index contributed by atoms with van der Waals surface area (Å²) in [5.41, 5.74) is 2.67. The molecule has 28 heavy (non-hydrogen) atoms. The van der Waals surface area contributed by atoms with Crippen molar-refractivity contribution in [3.63, 3.8) is 0 Å². The van der Waals surface area contributed by atoms with Gasteiger partial charge in [0.1, 0.15) is 0 Å². The summed E-state index contributed by atoms with van der Waals surface area (Å²) in [5, 5.41) is 2.85. The van der Waals surface area contributed by atoms with Gasteiger partial charge in [-0.3, -0.25) is 14.6 Å². The minimum Gasteiger partial charge on any atom is -0.359 e. The molecule has 1 aromatic heterocycles. The third kappa shape index (κ3) is 4.41. The van der Waals surface area contributed by atoms with Gasteiger partial charge in [-0.15, -0.1) is 0 Å². The van der Waals surface area contributed by atoms with Crippen molar-refractivity contribution < 1.29 is 9.59 Å². The molecule has 1 N–H and O–H groups in total. The topological polar surface area (TPSA) is 62.3 Å². The van der Waals surface area contributed by atoms with Crippen LogP contribution >= 0.6 is 0 Å². The zero-order valence-electron chi connectivity index (χ0n) is 16.8. The Labute approximate surface area is 167 Å². The summed E-state index contributed by atoms with van der Waals surface area (Å²) >= 11 is 0. The van der Waals surface area contributed by atoms with E-state index in [-0.39, 0.29) is 11.8 Å². The second-order valence-electron chi connectivity index (χ2n) is 7.65. The van der Waals surface area contributed by atoms with Crippen LogP contribution < -0.4 is 5.32 Å². The number of hydrogen-bond acceptors (Lipinski definition) is 3. The first kappa shape index (κ1) is 20.1. The van der Waals surface area contributed by atoms with Crippen molar-refractivity contribution in [2.24, 2.45) is 5.41 Å². The molecule has 3 rings (SSSR count). The number of likely N-dealkylation sites (tertiary alicyclic amines) is 1. The van der Waals surface area contributed by atoms with Crippen LogP contribution in [0.4, 0.5) is 0 Å². The number of hydrogen-bond donors (Lipinski definition) is 1. The highest BCUT2D eigenvalue weighted by atomic mass is 16.2. The fourth-order valence-corrected chi connectivity index (χ4v) is 4.18. The molecular formula is C23H29N3O2. The summed E-state index contributed by atoms with van der Waals surface area (Å²) in [7, 11) is 1.68. The molecule has 2 amide bonds. The van der Waals surface area contributed by atoms with Crippen molar-refractivity contribution in [1.29, 1.82) is 0 Å². The summed E-state index contributed by atoms with van der Waals surface area (Å²) in [6, 6.07) is 12.2. The van der Waals surface area contributed by atoms with Crippen molar-refractivity contribution in [2.45, 2.75) is 39.0 Å². The zero-order chi connectivity index (χ0) is 20.0. The lowest BCUT2D eigenvalue weighted by Crippen LogP contribution is -2.53. The Kier molecular flexibility index (Phi) is 6.45. The van der Waals surface area contributed by atoms with Crippen LogP contribution in [-0.4, -0.2) is 41.8 Å². The Balaban J connectivity index is 1.87. The molecule has 1 aliphatic rings. The average Bonchev–Trinajstić information content (AvgIpc) is 2.74. The van der Waals surface area contributed by atoms with E-state index in [1.54, 1.807) is 13.2 Å². The molecule has 1 atom stereocenters. The Morgan fingerprint density at radius 1 is 1.21 bits per heavy atom. The number of nitrogens with one attached hydrogen (secondary N) is 1. The van der Waals surface area contributed by atoms with Crippen LogP contribution in [0.5, 0.6) is 0 Å². The maximum Gasteiger partial charge on any atom is 0.228 e. The molecule has 5 heteroatoms.